The van der Waals surface area contributed by atoms with Crippen LogP contribution >= 0.6 is 0 Å². The van der Waals surface area contributed by atoms with Gasteiger partial charge in [0.2, 0.25) is 0 Å². The highest BCUT2D eigenvalue weighted by molar-refractivity contribution is 5.92. The van der Waals surface area contributed by atoms with Crippen LogP contribution in [-0.2, 0) is 0 Å². The molecule has 0 unspecified atom stereocenters. The third-order valence-corrected chi connectivity index (χ3v) is 3.32. The van der Waals surface area contributed by atoms with Gasteiger partial charge < -0.3 is 5.73 Å². The molecule has 0 aromatic heterocycles. The molecule has 2 aromatic rings. The molecule has 0 spiro atoms. The van der Waals surface area contributed by atoms with Crippen LogP contribution in [0.1, 0.15) is 38.5 Å². The second-order valence-electron chi connectivity index (χ2n) is 4.69. The minimum Gasteiger partial charge on any atom is -0.398 e. The monoisotopic (exact) mass is 227 g/mol. The van der Waals surface area contributed by atoms with Crippen LogP contribution in [0.25, 0.3) is 10.8 Å². The van der Waals surface area contributed by atoms with Crippen molar-refractivity contribution in [1.29, 1.82) is 0 Å². The van der Waals surface area contributed by atoms with Crippen LogP contribution in [0.2, 0.25) is 0 Å². The first-order chi connectivity index (χ1) is 8.38. The Kier molecular flexibility index (Phi) is 4.43. The Morgan fingerprint density at radius 3 is 1.76 bits per heavy atom. The van der Waals surface area contributed by atoms with E-state index in [0.717, 1.165) is 11.1 Å². The molecule has 1 aliphatic carbocycles. The fourth-order valence-electron chi connectivity index (χ4n) is 2.31. The Hall–Kier alpha value is -1.50. The van der Waals surface area contributed by atoms with Crippen molar-refractivity contribution in [1.82, 2.24) is 0 Å². The summed E-state index contributed by atoms with van der Waals surface area (Å²) in [6.07, 6.45) is 9.00. The largest absolute Gasteiger partial charge is 0.398 e. The minimum atomic E-state index is 0.850. The maximum absolute atomic E-state index is 5.76. The first kappa shape index (κ1) is 12.0. The van der Waals surface area contributed by atoms with E-state index in [1.165, 1.54) is 43.9 Å². The van der Waals surface area contributed by atoms with Crippen molar-refractivity contribution in [2.75, 3.05) is 5.73 Å². The predicted molar refractivity (Wildman–Crippen MR) is 76.1 cm³/mol. The second kappa shape index (κ2) is 6.29. The molecule has 0 bridgehead atoms. The zero-order valence-corrected chi connectivity index (χ0v) is 10.4. The summed E-state index contributed by atoms with van der Waals surface area (Å²) in [7, 11) is 0. The Morgan fingerprint density at radius 1 is 0.647 bits per heavy atom. The van der Waals surface area contributed by atoms with Crippen molar-refractivity contribution in [3.05, 3.63) is 42.5 Å². The van der Waals surface area contributed by atoms with E-state index in [-0.39, 0.29) is 0 Å². The maximum Gasteiger partial charge on any atom is 0.0393 e. The van der Waals surface area contributed by atoms with Gasteiger partial charge >= 0.3 is 0 Å². The SMILES string of the molecule is C1CCCCC1.Nc1cccc2ccccc12. The van der Waals surface area contributed by atoms with Crippen molar-refractivity contribution in [2.45, 2.75) is 38.5 Å². The second-order valence-corrected chi connectivity index (χ2v) is 4.69. The van der Waals surface area contributed by atoms with Gasteiger partial charge in [0, 0.05) is 11.1 Å². The van der Waals surface area contributed by atoms with Gasteiger partial charge in [0.1, 0.15) is 0 Å². The summed E-state index contributed by atoms with van der Waals surface area (Å²) in [6.45, 7) is 0. The van der Waals surface area contributed by atoms with Gasteiger partial charge in [-0.05, 0) is 11.5 Å². The van der Waals surface area contributed by atoms with Crippen molar-refractivity contribution < 1.29 is 0 Å². The van der Waals surface area contributed by atoms with Crippen molar-refractivity contribution in [2.24, 2.45) is 0 Å². The summed E-state index contributed by atoms with van der Waals surface area (Å²) in [5.74, 6) is 0. The van der Waals surface area contributed by atoms with Gasteiger partial charge in [0.15, 0.2) is 0 Å². The molecule has 1 aliphatic rings. The number of hydrogen-bond acceptors (Lipinski definition) is 1. The summed E-state index contributed by atoms with van der Waals surface area (Å²) >= 11 is 0. The van der Waals surface area contributed by atoms with E-state index in [2.05, 4.69) is 12.1 Å². The average molecular weight is 227 g/mol. The Bertz CT molecular complexity index is 441. The van der Waals surface area contributed by atoms with Crippen molar-refractivity contribution in [3.63, 3.8) is 0 Å². The van der Waals surface area contributed by atoms with E-state index < -0.39 is 0 Å². The van der Waals surface area contributed by atoms with Crippen LogP contribution in [0.15, 0.2) is 42.5 Å². The zero-order chi connectivity index (χ0) is 11.9. The van der Waals surface area contributed by atoms with Crippen molar-refractivity contribution in [3.8, 4) is 0 Å². The normalized spacial score (nSPS) is 15.1. The molecule has 0 atom stereocenters. The molecule has 90 valence electrons. The molecule has 0 radical (unpaired) electrons. The van der Waals surface area contributed by atoms with Crippen LogP contribution in [0.3, 0.4) is 0 Å². The van der Waals surface area contributed by atoms with Crippen LogP contribution in [0, 0.1) is 0 Å². The van der Waals surface area contributed by atoms with E-state index in [0.29, 0.717) is 0 Å². The molecular formula is C16H21N. The van der Waals surface area contributed by atoms with Crippen LogP contribution in [0.5, 0.6) is 0 Å². The van der Waals surface area contributed by atoms with Gasteiger partial charge in [-0.2, -0.15) is 0 Å². The number of benzene rings is 2. The first-order valence-corrected chi connectivity index (χ1v) is 6.61. The number of hydrogen-bond donors (Lipinski definition) is 1. The molecule has 2 N–H and O–H groups in total. The molecule has 0 saturated heterocycles. The third kappa shape index (κ3) is 3.48. The minimum absolute atomic E-state index is 0.850. The zero-order valence-electron chi connectivity index (χ0n) is 10.4. The highest BCUT2D eigenvalue weighted by Crippen LogP contribution is 2.19. The highest BCUT2D eigenvalue weighted by Gasteiger charge is 1.95. The Labute approximate surface area is 104 Å². The molecular weight excluding hydrogens is 206 g/mol. The molecule has 1 nitrogen and oxygen atoms in total. The van der Waals surface area contributed by atoms with E-state index in [9.17, 15) is 0 Å². The average Bonchev–Trinajstić information content (AvgIpc) is 2.42. The summed E-state index contributed by atoms with van der Waals surface area (Å²) in [6, 6.07) is 14.1. The number of nitrogens with two attached hydrogens (primary N) is 1. The number of anilines is 1. The lowest BCUT2D eigenvalue weighted by molar-refractivity contribution is 0.504. The standard InChI is InChI=1S/C10H9N.C6H12/c11-10-7-3-5-8-4-1-2-6-9(8)10;1-2-4-6-5-3-1/h1-7H,11H2;1-6H2. The van der Waals surface area contributed by atoms with Gasteiger partial charge in [0.25, 0.3) is 0 Å². The van der Waals surface area contributed by atoms with E-state index in [1.54, 1.807) is 0 Å². The molecule has 1 saturated carbocycles. The van der Waals surface area contributed by atoms with E-state index in [1.807, 2.05) is 30.3 Å². The Morgan fingerprint density at radius 2 is 1.18 bits per heavy atom. The number of nitrogen functional groups attached to an aromatic ring is 1. The van der Waals surface area contributed by atoms with Gasteiger partial charge in [-0.1, -0.05) is 74.9 Å². The molecule has 0 aliphatic heterocycles. The van der Waals surface area contributed by atoms with Crippen LogP contribution in [0.4, 0.5) is 5.69 Å². The van der Waals surface area contributed by atoms with E-state index >= 15 is 0 Å². The van der Waals surface area contributed by atoms with E-state index in [4.69, 9.17) is 5.73 Å². The summed E-state index contributed by atoms with van der Waals surface area (Å²) in [5.41, 5.74) is 6.61. The number of rotatable bonds is 0. The van der Waals surface area contributed by atoms with Gasteiger partial charge in [0.05, 0.1) is 0 Å². The molecule has 3 rings (SSSR count). The summed E-state index contributed by atoms with van der Waals surface area (Å²) in [4.78, 5) is 0. The van der Waals surface area contributed by atoms with Gasteiger partial charge in [-0.15, -0.1) is 0 Å². The molecule has 17 heavy (non-hydrogen) atoms. The smallest absolute Gasteiger partial charge is 0.0393 e. The molecule has 1 heteroatoms. The fourth-order valence-corrected chi connectivity index (χ4v) is 2.31. The van der Waals surface area contributed by atoms with Gasteiger partial charge in [-0.25, -0.2) is 0 Å². The molecule has 0 amide bonds. The maximum atomic E-state index is 5.76. The number of fused-ring (bicyclic) bond motifs is 1. The molecule has 0 heterocycles. The Balaban J connectivity index is 0.000000153. The molecule has 1 fully saturated rings. The predicted octanol–water partition coefficient (Wildman–Crippen LogP) is 4.76. The lowest BCUT2D eigenvalue weighted by atomic mass is 10.0. The lowest BCUT2D eigenvalue weighted by Gasteiger charge is -2.05. The van der Waals surface area contributed by atoms with Crippen LogP contribution < -0.4 is 5.73 Å². The third-order valence-electron chi connectivity index (χ3n) is 3.32. The van der Waals surface area contributed by atoms with Gasteiger partial charge in [-0.3, -0.25) is 0 Å². The summed E-state index contributed by atoms with van der Waals surface area (Å²) < 4.78 is 0. The highest BCUT2D eigenvalue weighted by atomic mass is 14.5. The fraction of sp³-hybridized carbons (Fsp3) is 0.375. The lowest BCUT2D eigenvalue weighted by Crippen LogP contribution is -1.85. The molecule has 2 aromatic carbocycles. The topological polar surface area (TPSA) is 26.0 Å². The van der Waals surface area contributed by atoms with Crippen LogP contribution in [-0.4, -0.2) is 0 Å². The summed E-state index contributed by atoms with van der Waals surface area (Å²) in [5, 5.41) is 2.34. The van der Waals surface area contributed by atoms with Crippen molar-refractivity contribution >= 4 is 16.5 Å². The first-order valence-electron chi connectivity index (χ1n) is 6.61. The quantitative estimate of drug-likeness (QED) is 0.645.